The van der Waals surface area contributed by atoms with Crippen LogP contribution in [0, 0.1) is 0 Å². The van der Waals surface area contributed by atoms with E-state index in [1.807, 2.05) is 0 Å². The molecule has 0 saturated carbocycles. The highest BCUT2D eigenvalue weighted by molar-refractivity contribution is 8.01. The number of thiazole rings is 1. The SMILES string of the molecule is O=C(CSc1nc2[nH]c(=O)[nH]c(=O)c2s1)Nc1cccc(Cl)c1. The van der Waals surface area contributed by atoms with E-state index in [-0.39, 0.29) is 17.3 Å². The van der Waals surface area contributed by atoms with Crippen molar-refractivity contribution < 1.29 is 4.79 Å². The first-order valence-corrected chi connectivity index (χ1v) is 8.50. The number of hydrogen-bond donors (Lipinski definition) is 3. The number of H-pyrrole nitrogens is 2. The van der Waals surface area contributed by atoms with E-state index in [9.17, 15) is 14.4 Å². The first-order valence-electron chi connectivity index (χ1n) is 6.32. The van der Waals surface area contributed by atoms with Gasteiger partial charge >= 0.3 is 5.69 Å². The standard InChI is InChI=1S/C13H9ClN4O3S2/c14-6-2-1-3-7(4-6)15-8(19)5-22-13-17-10-9(23-13)11(20)18-12(21)16-10/h1-4H,5H2,(H,15,19)(H2,16,18,20,21). The van der Waals surface area contributed by atoms with Gasteiger partial charge in [0, 0.05) is 10.7 Å². The first-order chi connectivity index (χ1) is 11.0. The molecule has 0 saturated heterocycles. The Morgan fingerprint density at radius 2 is 2.17 bits per heavy atom. The molecular formula is C13H9ClN4O3S2. The number of carbonyl (C=O) groups excluding carboxylic acids is 1. The van der Waals surface area contributed by atoms with Crippen molar-refractivity contribution in [2.24, 2.45) is 0 Å². The Morgan fingerprint density at radius 1 is 1.35 bits per heavy atom. The maximum atomic E-state index is 11.9. The van der Waals surface area contributed by atoms with Gasteiger partial charge in [-0.05, 0) is 18.2 Å². The number of carbonyl (C=O) groups is 1. The van der Waals surface area contributed by atoms with Crippen LogP contribution in [0.3, 0.4) is 0 Å². The molecule has 118 valence electrons. The zero-order valence-corrected chi connectivity index (χ0v) is 13.8. The van der Waals surface area contributed by atoms with Gasteiger partial charge in [0.05, 0.1) is 5.75 Å². The summed E-state index contributed by atoms with van der Waals surface area (Å²) in [7, 11) is 0. The summed E-state index contributed by atoms with van der Waals surface area (Å²) in [6.45, 7) is 0. The summed E-state index contributed by atoms with van der Waals surface area (Å²) >= 11 is 8.15. The summed E-state index contributed by atoms with van der Waals surface area (Å²) in [5, 5.41) is 3.25. The van der Waals surface area contributed by atoms with Gasteiger partial charge in [-0.2, -0.15) is 0 Å². The highest BCUT2D eigenvalue weighted by Crippen LogP contribution is 2.26. The largest absolute Gasteiger partial charge is 0.327 e. The van der Waals surface area contributed by atoms with E-state index in [1.54, 1.807) is 24.3 Å². The molecule has 0 spiro atoms. The van der Waals surface area contributed by atoms with Crippen LogP contribution in [-0.4, -0.2) is 26.6 Å². The molecule has 0 unspecified atom stereocenters. The second-order valence-electron chi connectivity index (χ2n) is 4.41. The zero-order valence-electron chi connectivity index (χ0n) is 11.4. The molecule has 0 aliphatic carbocycles. The van der Waals surface area contributed by atoms with Crippen LogP contribution >= 0.6 is 34.7 Å². The fourth-order valence-electron chi connectivity index (χ4n) is 1.79. The van der Waals surface area contributed by atoms with Gasteiger partial charge in [0.1, 0.15) is 4.70 Å². The summed E-state index contributed by atoms with van der Waals surface area (Å²) in [6.07, 6.45) is 0. The van der Waals surface area contributed by atoms with Gasteiger partial charge in [0.15, 0.2) is 9.99 Å². The molecule has 2 aromatic heterocycles. The number of nitrogens with zero attached hydrogens (tertiary/aromatic N) is 1. The van der Waals surface area contributed by atoms with E-state index in [0.717, 1.165) is 11.3 Å². The lowest BCUT2D eigenvalue weighted by Crippen LogP contribution is -2.20. The predicted molar refractivity (Wildman–Crippen MR) is 91.7 cm³/mol. The molecule has 0 atom stereocenters. The Morgan fingerprint density at radius 3 is 2.96 bits per heavy atom. The van der Waals surface area contributed by atoms with Crippen molar-refractivity contribution in [3.63, 3.8) is 0 Å². The number of nitrogens with one attached hydrogen (secondary N) is 3. The Bertz CT molecular complexity index is 995. The average molecular weight is 369 g/mol. The number of aromatic nitrogens is 3. The number of thioether (sulfide) groups is 1. The van der Waals surface area contributed by atoms with E-state index < -0.39 is 11.2 Å². The van der Waals surface area contributed by atoms with Crippen molar-refractivity contribution in [1.82, 2.24) is 15.0 Å². The van der Waals surface area contributed by atoms with Crippen LogP contribution in [0.15, 0.2) is 38.2 Å². The quantitative estimate of drug-likeness (QED) is 0.611. The van der Waals surface area contributed by atoms with Crippen LogP contribution in [0.4, 0.5) is 5.69 Å². The van der Waals surface area contributed by atoms with Gasteiger partial charge in [-0.1, -0.05) is 29.4 Å². The van der Waals surface area contributed by atoms with Crippen LogP contribution < -0.4 is 16.6 Å². The molecule has 10 heteroatoms. The Kier molecular flexibility index (Phi) is 4.51. The van der Waals surface area contributed by atoms with E-state index in [0.29, 0.717) is 19.7 Å². The molecular weight excluding hydrogens is 360 g/mol. The first kappa shape index (κ1) is 15.8. The van der Waals surface area contributed by atoms with Gasteiger partial charge in [-0.15, -0.1) is 11.3 Å². The number of aromatic amines is 2. The number of benzene rings is 1. The Labute approximate surface area is 142 Å². The second-order valence-corrected chi connectivity index (χ2v) is 7.07. The molecule has 3 aromatic rings. The van der Waals surface area contributed by atoms with E-state index in [1.165, 1.54) is 11.8 Å². The molecule has 23 heavy (non-hydrogen) atoms. The fourth-order valence-corrected chi connectivity index (χ4v) is 3.77. The van der Waals surface area contributed by atoms with Gasteiger partial charge in [-0.3, -0.25) is 19.6 Å². The van der Waals surface area contributed by atoms with Crippen molar-refractivity contribution in [1.29, 1.82) is 0 Å². The van der Waals surface area contributed by atoms with Gasteiger partial charge < -0.3 is 5.32 Å². The van der Waals surface area contributed by atoms with E-state index >= 15 is 0 Å². The van der Waals surface area contributed by atoms with Crippen molar-refractivity contribution in [2.45, 2.75) is 4.34 Å². The molecule has 1 amide bonds. The Balaban J connectivity index is 1.68. The van der Waals surface area contributed by atoms with Crippen LogP contribution in [0.25, 0.3) is 10.3 Å². The summed E-state index contributed by atoms with van der Waals surface area (Å²) in [4.78, 5) is 43.4. The highest BCUT2D eigenvalue weighted by atomic mass is 35.5. The molecule has 0 aliphatic rings. The van der Waals surface area contributed by atoms with Crippen molar-refractivity contribution >= 4 is 56.6 Å². The third-order valence-corrected chi connectivity index (χ3v) is 5.14. The summed E-state index contributed by atoms with van der Waals surface area (Å²) in [5.41, 5.74) is -0.269. The minimum absolute atomic E-state index is 0.120. The van der Waals surface area contributed by atoms with Gasteiger partial charge in [-0.25, -0.2) is 9.78 Å². The topological polar surface area (TPSA) is 108 Å². The van der Waals surface area contributed by atoms with Crippen molar-refractivity contribution in [3.05, 3.63) is 50.1 Å². The number of amides is 1. The van der Waals surface area contributed by atoms with E-state index in [4.69, 9.17) is 11.6 Å². The third-order valence-electron chi connectivity index (χ3n) is 2.71. The van der Waals surface area contributed by atoms with Gasteiger partial charge in [0.25, 0.3) is 5.56 Å². The number of anilines is 1. The normalized spacial score (nSPS) is 10.8. The van der Waals surface area contributed by atoms with E-state index in [2.05, 4.69) is 20.3 Å². The maximum absolute atomic E-state index is 11.9. The molecule has 3 N–H and O–H groups in total. The zero-order chi connectivity index (χ0) is 16.4. The lowest BCUT2D eigenvalue weighted by Gasteiger charge is -2.04. The fraction of sp³-hybridized carbons (Fsp3) is 0.0769. The molecule has 2 heterocycles. The van der Waals surface area contributed by atoms with Crippen LogP contribution in [-0.2, 0) is 4.79 Å². The summed E-state index contributed by atoms with van der Waals surface area (Å²) in [5.74, 6) is -0.104. The molecule has 0 radical (unpaired) electrons. The van der Waals surface area contributed by atoms with Gasteiger partial charge in [0.2, 0.25) is 5.91 Å². The lowest BCUT2D eigenvalue weighted by atomic mass is 10.3. The third kappa shape index (κ3) is 3.81. The summed E-state index contributed by atoms with van der Waals surface area (Å²) in [6, 6.07) is 6.83. The molecule has 1 aromatic carbocycles. The number of halogens is 1. The lowest BCUT2D eigenvalue weighted by molar-refractivity contribution is -0.113. The van der Waals surface area contributed by atoms with Crippen LogP contribution in [0.2, 0.25) is 5.02 Å². The van der Waals surface area contributed by atoms with Crippen LogP contribution in [0.1, 0.15) is 0 Å². The molecule has 3 rings (SSSR count). The molecule has 7 nitrogen and oxygen atoms in total. The molecule has 0 fully saturated rings. The second kappa shape index (κ2) is 6.57. The summed E-state index contributed by atoms with van der Waals surface area (Å²) < 4.78 is 0.843. The predicted octanol–water partition coefficient (Wildman–Crippen LogP) is 2.06. The minimum Gasteiger partial charge on any atom is -0.325 e. The maximum Gasteiger partial charge on any atom is 0.327 e. The van der Waals surface area contributed by atoms with Crippen molar-refractivity contribution in [3.8, 4) is 0 Å². The van der Waals surface area contributed by atoms with Crippen molar-refractivity contribution in [2.75, 3.05) is 11.1 Å². The number of rotatable bonds is 4. The monoisotopic (exact) mass is 368 g/mol. The van der Waals surface area contributed by atoms with Crippen LogP contribution in [0.5, 0.6) is 0 Å². The molecule has 0 aliphatic heterocycles. The number of hydrogen-bond acceptors (Lipinski definition) is 6. The average Bonchev–Trinajstić information content (AvgIpc) is 2.88. The Hall–Kier alpha value is -2.10. The highest BCUT2D eigenvalue weighted by Gasteiger charge is 2.11. The smallest absolute Gasteiger partial charge is 0.325 e. The molecule has 0 bridgehead atoms. The number of fused-ring (bicyclic) bond motifs is 1. The minimum atomic E-state index is -0.608.